The van der Waals surface area contributed by atoms with Crippen LogP contribution in [0.5, 0.6) is 0 Å². The van der Waals surface area contributed by atoms with E-state index in [1.54, 1.807) is 0 Å². The van der Waals surface area contributed by atoms with E-state index in [-0.39, 0.29) is 12.2 Å². The molecule has 3 aliphatic rings. The molecule has 0 saturated heterocycles. The van der Waals surface area contributed by atoms with E-state index >= 15 is 0 Å². The smallest absolute Gasteiger partial charge is 0.336 e. The lowest BCUT2D eigenvalue weighted by Gasteiger charge is -2.51. The maximum atomic E-state index is 14.2. The van der Waals surface area contributed by atoms with Crippen molar-refractivity contribution in [3.63, 3.8) is 0 Å². The Hall–Kier alpha value is -0.746. The molecule has 0 N–H and O–H groups in total. The number of halogens is 1. The number of carbonyl (C=O) groups is 2. The van der Waals surface area contributed by atoms with Crippen LogP contribution in [0.3, 0.4) is 0 Å². The fourth-order valence-electron chi connectivity index (χ4n) is 8.22. The van der Waals surface area contributed by atoms with Crippen LogP contribution in [0.4, 0.5) is 0 Å². The number of carbonyl (C=O) groups excluding carboxylic acids is 2. The molecule has 2 aliphatic heterocycles. The van der Waals surface area contributed by atoms with E-state index in [1.165, 1.54) is 7.11 Å². The molecule has 9 heteroatoms. The van der Waals surface area contributed by atoms with Crippen molar-refractivity contribution in [2.45, 2.75) is 145 Å². The molecule has 0 aromatic heterocycles. The predicted molar refractivity (Wildman–Crippen MR) is 165 cm³/mol. The zero-order chi connectivity index (χ0) is 29.8. The van der Waals surface area contributed by atoms with Crippen LogP contribution >= 0.6 is 15.9 Å². The maximum absolute atomic E-state index is 14.2. The van der Waals surface area contributed by atoms with Crippen molar-refractivity contribution in [2.75, 3.05) is 7.11 Å². The normalized spacial score (nSPS) is 27.5. The van der Waals surface area contributed by atoms with E-state index in [1.807, 2.05) is 6.08 Å². The maximum Gasteiger partial charge on any atom is 0.336 e. The number of alkyl halides is 1. The van der Waals surface area contributed by atoms with Crippen molar-refractivity contribution < 1.29 is 27.9 Å². The third kappa shape index (κ3) is 4.90. The summed E-state index contributed by atoms with van der Waals surface area (Å²) in [6.45, 7) is 26.7. The molecule has 0 spiro atoms. The van der Waals surface area contributed by atoms with Crippen LogP contribution < -0.4 is 0 Å². The van der Waals surface area contributed by atoms with E-state index in [4.69, 9.17) is 18.3 Å². The van der Waals surface area contributed by atoms with Gasteiger partial charge in [-0.15, -0.1) is 0 Å². The second-order valence-electron chi connectivity index (χ2n) is 13.5. The first-order chi connectivity index (χ1) is 17.9. The zero-order valence-corrected chi connectivity index (χ0v) is 29.9. The van der Waals surface area contributed by atoms with Gasteiger partial charge in [-0.1, -0.05) is 99.0 Å². The zero-order valence-electron chi connectivity index (χ0n) is 26.3. The Kier molecular flexibility index (Phi) is 9.66. The topological polar surface area (TPSA) is 71.1 Å². The van der Waals surface area contributed by atoms with Gasteiger partial charge in [0.2, 0.25) is 8.32 Å². The fourth-order valence-corrected chi connectivity index (χ4v) is 19.9. The fraction of sp³-hybridized carbons (Fsp3) is 0.800. The summed E-state index contributed by atoms with van der Waals surface area (Å²) in [7, 11) is -3.38. The molecular formula is C30H51BrO6Si2. The molecule has 1 saturated carbocycles. The molecule has 1 unspecified atom stereocenters. The van der Waals surface area contributed by atoms with Gasteiger partial charge in [-0.25, -0.2) is 4.79 Å². The molecule has 1 fully saturated rings. The first kappa shape index (κ1) is 32.8. The van der Waals surface area contributed by atoms with Crippen LogP contribution in [-0.4, -0.2) is 58.1 Å². The second kappa shape index (κ2) is 11.5. The molecule has 222 valence electrons. The lowest BCUT2D eigenvalue weighted by atomic mass is 9.78. The second-order valence-corrected chi connectivity index (χ2v) is 25.5. The summed E-state index contributed by atoms with van der Waals surface area (Å²) in [6.07, 6.45) is 0.175. The Balaban J connectivity index is 2.20. The van der Waals surface area contributed by atoms with Gasteiger partial charge in [-0.05, 0) is 39.3 Å². The van der Waals surface area contributed by atoms with Gasteiger partial charge < -0.3 is 18.3 Å². The van der Waals surface area contributed by atoms with Gasteiger partial charge in [0, 0.05) is 12.0 Å². The third-order valence-corrected chi connectivity index (χ3v) is 23.1. The number of hydrogen-bond donors (Lipinski definition) is 0. The average Bonchev–Trinajstić information content (AvgIpc) is 3.17. The molecule has 39 heavy (non-hydrogen) atoms. The highest BCUT2D eigenvalue weighted by molar-refractivity contribution is 9.10. The van der Waals surface area contributed by atoms with Crippen molar-refractivity contribution in [1.82, 2.24) is 0 Å². The monoisotopic (exact) mass is 642 g/mol. The van der Waals surface area contributed by atoms with Crippen LogP contribution in [0.2, 0.25) is 33.2 Å². The summed E-state index contributed by atoms with van der Waals surface area (Å²) in [5, 5.41) is 0. The Labute approximate surface area is 247 Å². The molecule has 0 radical (unpaired) electrons. The SMILES string of the molecule is COC(=O)C1=C2[C@@H](O[Si](C(C)C)(C(C)C)C(C)C)CC(=O)[C@]3(Br)C(O[Si](C(C)C)(C(C)C)C(C)C)=CC1O[C@H]23. The summed E-state index contributed by atoms with van der Waals surface area (Å²) >= 11 is 3.89. The van der Waals surface area contributed by atoms with Gasteiger partial charge in [-0.2, -0.15) is 0 Å². The Morgan fingerprint density at radius 1 is 0.897 bits per heavy atom. The number of fused-ring (bicyclic) bond motifs is 1. The molecule has 1 aliphatic carbocycles. The van der Waals surface area contributed by atoms with E-state index in [2.05, 4.69) is 99.0 Å². The molecular weight excluding hydrogens is 592 g/mol. The van der Waals surface area contributed by atoms with Crippen molar-refractivity contribution in [3.05, 3.63) is 23.0 Å². The number of esters is 1. The number of ether oxygens (including phenoxy) is 2. The number of Topliss-reactive ketones (excluding diaryl/α,β-unsaturated/α-hetero) is 1. The summed E-state index contributed by atoms with van der Waals surface area (Å²) in [4.78, 5) is 27.5. The van der Waals surface area contributed by atoms with E-state index in [9.17, 15) is 9.59 Å². The minimum Gasteiger partial charge on any atom is -0.544 e. The first-order valence-electron chi connectivity index (χ1n) is 14.7. The van der Waals surface area contributed by atoms with Crippen LogP contribution in [0.25, 0.3) is 0 Å². The first-order valence-corrected chi connectivity index (χ1v) is 19.8. The molecule has 6 nitrogen and oxygen atoms in total. The van der Waals surface area contributed by atoms with Crippen molar-refractivity contribution in [2.24, 2.45) is 0 Å². The Morgan fingerprint density at radius 2 is 1.36 bits per heavy atom. The largest absolute Gasteiger partial charge is 0.544 e. The minimum absolute atomic E-state index is 0.0181. The number of hydrogen-bond acceptors (Lipinski definition) is 6. The van der Waals surface area contributed by atoms with Gasteiger partial charge in [-0.3, -0.25) is 4.79 Å². The minimum atomic E-state index is -2.40. The Bertz CT molecular complexity index is 987. The number of methoxy groups -OCH3 is 1. The highest BCUT2D eigenvalue weighted by atomic mass is 79.9. The van der Waals surface area contributed by atoms with Crippen molar-refractivity contribution in [1.29, 1.82) is 0 Å². The highest BCUT2D eigenvalue weighted by Gasteiger charge is 2.65. The molecule has 0 amide bonds. The van der Waals surface area contributed by atoms with Crippen LogP contribution in [-0.2, 0) is 27.9 Å². The Morgan fingerprint density at radius 3 is 1.77 bits per heavy atom. The summed E-state index contributed by atoms with van der Waals surface area (Å²) in [6, 6.07) is 0. The van der Waals surface area contributed by atoms with Gasteiger partial charge in [0.05, 0.1) is 18.8 Å². The number of ketones is 1. The van der Waals surface area contributed by atoms with E-state index in [0.717, 1.165) is 5.57 Å². The highest BCUT2D eigenvalue weighted by Crippen LogP contribution is 2.57. The number of rotatable bonds is 11. The molecule has 0 aromatic rings. The van der Waals surface area contributed by atoms with Gasteiger partial charge in [0.15, 0.2) is 10.1 Å². The van der Waals surface area contributed by atoms with Crippen LogP contribution in [0.1, 0.15) is 89.5 Å². The van der Waals surface area contributed by atoms with Crippen molar-refractivity contribution in [3.8, 4) is 0 Å². The molecule has 2 heterocycles. The van der Waals surface area contributed by atoms with Gasteiger partial charge in [0.25, 0.3) is 8.32 Å². The van der Waals surface area contributed by atoms with Crippen LogP contribution in [0.15, 0.2) is 23.0 Å². The molecule has 2 bridgehead atoms. The van der Waals surface area contributed by atoms with Gasteiger partial charge >= 0.3 is 5.97 Å². The van der Waals surface area contributed by atoms with E-state index < -0.39 is 45.2 Å². The van der Waals surface area contributed by atoms with E-state index in [0.29, 0.717) is 44.6 Å². The van der Waals surface area contributed by atoms with Gasteiger partial charge in [0.1, 0.15) is 18.0 Å². The standard InChI is InChI=1S/C30H51BrO6Si2/c1-16(2)38(17(3)4,18(5)6)36-23-14-24(32)30(31)25(37-39(19(7)8,20(9)10)21(11)12)15-22-27(29(33)34-13)26(23)28(30)35-22/h15-23,28H,14H2,1-13H3/t22?,23-,28+,30-/m0/s1. The average molecular weight is 644 g/mol. The molecule has 4 atom stereocenters. The predicted octanol–water partition coefficient (Wildman–Crippen LogP) is 7.98. The lowest BCUT2D eigenvalue weighted by molar-refractivity contribution is -0.137. The quantitative estimate of drug-likeness (QED) is 0.129. The summed E-state index contributed by atoms with van der Waals surface area (Å²) < 4.78 is 24.9. The van der Waals surface area contributed by atoms with Crippen molar-refractivity contribution >= 4 is 44.3 Å². The third-order valence-electron chi connectivity index (χ3n) is 9.76. The summed E-state index contributed by atoms with van der Waals surface area (Å²) in [5.41, 5.74) is 3.19. The van der Waals surface area contributed by atoms with Crippen LogP contribution in [0, 0.1) is 0 Å². The summed E-state index contributed by atoms with van der Waals surface area (Å²) in [5.74, 6) is 0.153. The molecule has 0 aromatic carbocycles. The molecule has 3 rings (SSSR count). The lowest BCUT2D eigenvalue weighted by Crippen LogP contribution is -2.60.